The number of likely N-dealkylation sites (N-methyl/N-ethyl adjacent to an activating group) is 1. The number of nitrogens with one attached hydrogen (secondary N) is 1. The van der Waals surface area contributed by atoms with Crippen LogP contribution in [0.3, 0.4) is 0 Å². The molecule has 0 aliphatic rings. The average Bonchev–Trinajstić information content (AvgIpc) is 2.74. The number of rotatable bonds is 7. The molecule has 0 spiro atoms. The van der Waals surface area contributed by atoms with Gasteiger partial charge in [-0.1, -0.05) is 0 Å². The molecule has 0 aliphatic carbocycles. The lowest BCUT2D eigenvalue weighted by atomic mass is 10.4. The van der Waals surface area contributed by atoms with E-state index in [0.29, 0.717) is 12.2 Å². The number of hydrogen-bond donors (Lipinski definition) is 2. The van der Waals surface area contributed by atoms with Gasteiger partial charge in [0.25, 0.3) is 5.91 Å². The summed E-state index contributed by atoms with van der Waals surface area (Å²) in [5.74, 6) is -1.13. The first-order chi connectivity index (χ1) is 8.49. The number of aliphatic carboxylic acids is 1. The van der Waals surface area contributed by atoms with Gasteiger partial charge in [-0.05, 0) is 20.2 Å². The number of carboxylic acids is 1. The van der Waals surface area contributed by atoms with Crippen molar-refractivity contribution in [1.29, 1.82) is 0 Å². The summed E-state index contributed by atoms with van der Waals surface area (Å²) in [5, 5.41) is 15.3. The number of hydrogen-bond acceptors (Lipinski definition) is 4. The largest absolute Gasteiger partial charge is 0.481 e. The maximum absolute atomic E-state index is 11.7. The van der Waals surface area contributed by atoms with Gasteiger partial charge in [-0.2, -0.15) is 5.10 Å². The van der Waals surface area contributed by atoms with Crippen molar-refractivity contribution in [2.24, 2.45) is 0 Å². The van der Waals surface area contributed by atoms with Gasteiger partial charge in [-0.3, -0.25) is 14.3 Å². The molecule has 18 heavy (non-hydrogen) atoms. The molecule has 7 heteroatoms. The zero-order valence-electron chi connectivity index (χ0n) is 10.6. The average molecular weight is 254 g/mol. The topological polar surface area (TPSA) is 87.5 Å². The van der Waals surface area contributed by atoms with E-state index in [1.54, 1.807) is 12.3 Å². The van der Waals surface area contributed by atoms with Crippen LogP contribution in [0.5, 0.6) is 0 Å². The van der Waals surface area contributed by atoms with Gasteiger partial charge < -0.3 is 15.3 Å². The highest BCUT2D eigenvalue weighted by Gasteiger charge is 2.09. The quantitative estimate of drug-likeness (QED) is 0.694. The minimum atomic E-state index is -0.887. The zero-order chi connectivity index (χ0) is 13.5. The lowest BCUT2D eigenvalue weighted by Crippen LogP contribution is -2.31. The van der Waals surface area contributed by atoms with E-state index in [9.17, 15) is 9.59 Å². The molecular weight excluding hydrogens is 236 g/mol. The van der Waals surface area contributed by atoms with Gasteiger partial charge in [-0.15, -0.1) is 0 Å². The van der Waals surface area contributed by atoms with Gasteiger partial charge in [-0.25, -0.2) is 0 Å². The van der Waals surface area contributed by atoms with Crippen LogP contribution in [-0.4, -0.2) is 58.8 Å². The van der Waals surface area contributed by atoms with Gasteiger partial charge >= 0.3 is 5.97 Å². The fraction of sp³-hybridized carbons (Fsp3) is 0.545. The summed E-state index contributed by atoms with van der Waals surface area (Å²) in [6.45, 7) is 1.57. The molecule has 0 radical (unpaired) electrons. The Hall–Kier alpha value is -1.89. The van der Waals surface area contributed by atoms with Crippen LogP contribution in [0.15, 0.2) is 12.3 Å². The fourth-order valence-corrected chi connectivity index (χ4v) is 1.30. The molecule has 0 unspecified atom stereocenters. The second-order valence-electron chi connectivity index (χ2n) is 4.17. The number of amides is 1. The second-order valence-corrected chi connectivity index (χ2v) is 4.17. The van der Waals surface area contributed by atoms with Crippen LogP contribution < -0.4 is 5.32 Å². The van der Waals surface area contributed by atoms with Crippen LogP contribution in [0.4, 0.5) is 0 Å². The van der Waals surface area contributed by atoms with E-state index >= 15 is 0 Å². The summed E-state index contributed by atoms with van der Waals surface area (Å²) in [6.07, 6.45) is 1.59. The number of carbonyl (C=O) groups excluding carboxylic acids is 1. The Morgan fingerprint density at radius 1 is 1.50 bits per heavy atom. The van der Waals surface area contributed by atoms with E-state index < -0.39 is 5.97 Å². The van der Waals surface area contributed by atoms with Crippen LogP contribution in [0.1, 0.15) is 16.9 Å². The first-order valence-corrected chi connectivity index (χ1v) is 5.67. The molecule has 1 heterocycles. The molecule has 1 aromatic rings. The van der Waals surface area contributed by atoms with Crippen molar-refractivity contribution in [3.8, 4) is 0 Å². The molecule has 0 fully saturated rings. The normalized spacial score (nSPS) is 10.6. The predicted octanol–water partition coefficient (Wildman–Crippen LogP) is -0.351. The van der Waals surface area contributed by atoms with E-state index in [1.165, 1.54) is 4.68 Å². The SMILES string of the molecule is CN(C)CCNC(=O)c1ccn(CCC(=O)O)n1. The molecule has 1 amide bonds. The number of carboxylic acid groups (broad SMARTS) is 1. The third-order valence-corrected chi connectivity index (χ3v) is 2.27. The number of aromatic nitrogens is 2. The van der Waals surface area contributed by atoms with Crippen molar-refractivity contribution in [3.63, 3.8) is 0 Å². The van der Waals surface area contributed by atoms with Gasteiger partial charge in [0.05, 0.1) is 13.0 Å². The Morgan fingerprint density at radius 2 is 2.22 bits per heavy atom. The molecule has 0 bridgehead atoms. The van der Waals surface area contributed by atoms with Crippen molar-refractivity contribution < 1.29 is 14.7 Å². The van der Waals surface area contributed by atoms with Crippen LogP contribution in [0.2, 0.25) is 0 Å². The lowest BCUT2D eigenvalue weighted by Gasteiger charge is -2.09. The summed E-state index contributed by atoms with van der Waals surface area (Å²) < 4.78 is 1.45. The van der Waals surface area contributed by atoms with Crippen molar-refractivity contribution in [2.75, 3.05) is 27.2 Å². The molecule has 0 aromatic carbocycles. The predicted molar refractivity (Wildman–Crippen MR) is 65.4 cm³/mol. The van der Waals surface area contributed by atoms with Crippen molar-refractivity contribution in [1.82, 2.24) is 20.0 Å². The monoisotopic (exact) mass is 254 g/mol. The second kappa shape index (κ2) is 6.75. The van der Waals surface area contributed by atoms with Crippen LogP contribution in [0.25, 0.3) is 0 Å². The van der Waals surface area contributed by atoms with Gasteiger partial charge in [0.15, 0.2) is 0 Å². The molecule has 0 saturated carbocycles. The zero-order valence-corrected chi connectivity index (χ0v) is 10.6. The summed E-state index contributed by atoms with van der Waals surface area (Å²) >= 11 is 0. The highest BCUT2D eigenvalue weighted by atomic mass is 16.4. The van der Waals surface area contributed by atoms with Crippen molar-refractivity contribution >= 4 is 11.9 Å². The third-order valence-electron chi connectivity index (χ3n) is 2.27. The van der Waals surface area contributed by atoms with Crippen molar-refractivity contribution in [3.05, 3.63) is 18.0 Å². The van der Waals surface area contributed by atoms with E-state index in [2.05, 4.69) is 10.4 Å². The van der Waals surface area contributed by atoms with E-state index in [0.717, 1.165) is 6.54 Å². The molecule has 1 aromatic heterocycles. The standard InChI is InChI=1S/C11H18N4O3/c1-14(2)8-5-12-11(18)9-3-6-15(13-9)7-4-10(16)17/h3,6H,4-5,7-8H2,1-2H3,(H,12,18)(H,16,17). The number of carbonyl (C=O) groups is 2. The fourth-order valence-electron chi connectivity index (χ4n) is 1.30. The molecule has 7 nitrogen and oxygen atoms in total. The molecule has 0 saturated heterocycles. The molecule has 0 aliphatic heterocycles. The van der Waals surface area contributed by atoms with E-state index in [4.69, 9.17) is 5.11 Å². The summed E-state index contributed by atoms with van der Waals surface area (Å²) in [7, 11) is 3.85. The Bertz CT molecular complexity index is 414. The minimum Gasteiger partial charge on any atom is -0.481 e. The molecular formula is C11H18N4O3. The third kappa shape index (κ3) is 4.96. The van der Waals surface area contributed by atoms with Gasteiger partial charge in [0, 0.05) is 19.3 Å². The summed E-state index contributed by atoms with van der Waals surface area (Å²) in [4.78, 5) is 24.0. The molecule has 2 N–H and O–H groups in total. The summed E-state index contributed by atoms with van der Waals surface area (Å²) in [6, 6.07) is 1.58. The summed E-state index contributed by atoms with van der Waals surface area (Å²) in [5.41, 5.74) is 0.305. The molecule has 1 rings (SSSR count). The van der Waals surface area contributed by atoms with Crippen LogP contribution in [-0.2, 0) is 11.3 Å². The molecule has 0 atom stereocenters. The van der Waals surface area contributed by atoms with Crippen LogP contribution >= 0.6 is 0 Å². The van der Waals surface area contributed by atoms with Crippen molar-refractivity contribution in [2.45, 2.75) is 13.0 Å². The highest BCUT2D eigenvalue weighted by Crippen LogP contribution is 1.97. The maximum atomic E-state index is 11.7. The highest BCUT2D eigenvalue weighted by molar-refractivity contribution is 5.92. The lowest BCUT2D eigenvalue weighted by molar-refractivity contribution is -0.137. The van der Waals surface area contributed by atoms with E-state index in [1.807, 2.05) is 19.0 Å². The van der Waals surface area contributed by atoms with Gasteiger partial charge in [0.2, 0.25) is 0 Å². The van der Waals surface area contributed by atoms with Gasteiger partial charge in [0.1, 0.15) is 5.69 Å². The number of aryl methyl sites for hydroxylation is 1. The first-order valence-electron chi connectivity index (χ1n) is 5.67. The smallest absolute Gasteiger partial charge is 0.305 e. The maximum Gasteiger partial charge on any atom is 0.305 e. The Kier molecular flexibility index (Phi) is 5.31. The minimum absolute atomic E-state index is 0.0105. The first kappa shape index (κ1) is 14.2. The molecule has 100 valence electrons. The Morgan fingerprint density at radius 3 is 2.83 bits per heavy atom. The van der Waals surface area contributed by atoms with E-state index in [-0.39, 0.29) is 18.9 Å². The Labute approximate surface area is 105 Å². The Balaban J connectivity index is 2.41. The van der Waals surface area contributed by atoms with Crippen LogP contribution in [0, 0.1) is 0 Å². The number of nitrogens with zero attached hydrogens (tertiary/aromatic N) is 3.